The number of carbonyl (C=O) groups is 2. The minimum Gasteiger partial charge on any atom is -0.465 e. The van der Waals surface area contributed by atoms with Crippen LogP contribution in [0.3, 0.4) is 0 Å². The SMILES string of the molecule is C[C@@H](NC(=O)O)C(C)(C)C(=O)NC1CC1. The molecule has 0 aromatic heterocycles. The third-order valence-corrected chi connectivity index (χ3v) is 2.92. The summed E-state index contributed by atoms with van der Waals surface area (Å²) < 4.78 is 0. The van der Waals surface area contributed by atoms with Crippen LogP contribution in [-0.4, -0.2) is 29.2 Å². The van der Waals surface area contributed by atoms with Crippen LogP contribution < -0.4 is 10.6 Å². The average Bonchev–Trinajstić information content (AvgIpc) is 2.86. The standard InChI is InChI=1S/C10H18N2O3/c1-6(11-9(14)15)10(2,3)8(13)12-7-4-5-7/h6-7,11H,4-5H2,1-3H3,(H,12,13)(H,14,15)/t6-/m1/s1. The van der Waals surface area contributed by atoms with Gasteiger partial charge in [0.05, 0.1) is 5.41 Å². The van der Waals surface area contributed by atoms with Crippen molar-refractivity contribution in [1.29, 1.82) is 0 Å². The summed E-state index contributed by atoms with van der Waals surface area (Å²) in [5.41, 5.74) is -0.721. The van der Waals surface area contributed by atoms with Crippen molar-refractivity contribution in [2.24, 2.45) is 5.41 Å². The van der Waals surface area contributed by atoms with E-state index in [4.69, 9.17) is 5.11 Å². The lowest BCUT2D eigenvalue weighted by molar-refractivity contribution is -0.130. The normalized spacial score (nSPS) is 18.1. The van der Waals surface area contributed by atoms with Crippen molar-refractivity contribution >= 4 is 12.0 Å². The monoisotopic (exact) mass is 214 g/mol. The predicted molar refractivity (Wildman–Crippen MR) is 55.6 cm³/mol. The topological polar surface area (TPSA) is 78.4 Å². The van der Waals surface area contributed by atoms with E-state index in [-0.39, 0.29) is 5.91 Å². The summed E-state index contributed by atoms with van der Waals surface area (Å²) in [5.74, 6) is -0.0914. The molecule has 2 amide bonds. The summed E-state index contributed by atoms with van der Waals surface area (Å²) >= 11 is 0. The van der Waals surface area contributed by atoms with Crippen LogP contribution in [0.25, 0.3) is 0 Å². The maximum absolute atomic E-state index is 11.8. The Hall–Kier alpha value is -1.26. The third kappa shape index (κ3) is 3.11. The van der Waals surface area contributed by atoms with Crippen LogP contribution >= 0.6 is 0 Å². The van der Waals surface area contributed by atoms with Crippen LogP contribution in [-0.2, 0) is 4.79 Å². The quantitative estimate of drug-likeness (QED) is 0.652. The van der Waals surface area contributed by atoms with Crippen molar-refractivity contribution in [3.05, 3.63) is 0 Å². The van der Waals surface area contributed by atoms with E-state index in [0.717, 1.165) is 12.8 Å². The van der Waals surface area contributed by atoms with Gasteiger partial charge in [0.15, 0.2) is 0 Å². The molecule has 15 heavy (non-hydrogen) atoms. The fourth-order valence-electron chi connectivity index (χ4n) is 1.16. The largest absolute Gasteiger partial charge is 0.465 e. The first-order valence-electron chi connectivity index (χ1n) is 5.14. The zero-order valence-corrected chi connectivity index (χ0v) is 9.33. The van der Waals surface area contributed by atoms with Gasteiger partial charge in [0.1, 0.15) is 0 Å². The molecule has 3 N–H and O–H groups in total. The highest BCUT2D eigenvalue weighted by atomic mass is 16.4. The molecule has 5 nitrogen and oxygen atoms in total. The number of hydrogen-bond acceptors (Lipinski definition) is 2. The molecule has 0 bridgehead atoms. The summed E-state index contributed by atoms with van der Waals surface area (Å²) in [6.45, 7) is 5.18. The van der Waals surface area contributed by atoms with Gasteiger partial charge >= 0.3 is 6.09 Å². The second-order valence-electron chi connectivity index (χ2n) is 4.64. The van der Waals surface area contributed by atoms with Crippen LogP contribution in [0.15, 0.2) is 0 Å². The van der Waals surface area contributed by atoms with Crippen molar-refractivity contribution in [2.45, 2.75) is 45.7 Å². The molecule has 0 unspecified atom stereocenters. The lowest BCUT2D eigenvalue weighted by atomic mass is 9.84. The van der Waals surface area contributed by atoms with Crippen LogP contribution in [0.5, 0.6) is 0 Å². The van der Waals surface area contributed by atoms with E-state index in [1.54, 1.807) is 20.8 Å². The van der Waals surface area contributed by atoms with E-state index in [2.05, 4.69) is 10.6 Å². The second kappa shape index (κ2) is 4.08. The molecule has 1 aliphatic carbocycles. The van der Waals surface area contributed by atoms with Crippen LogP contribution in [0, 0.1) is 5.41 Å². The van der Waals surface area contributed by atoms with Crippen molar-refractivity contribution in [3.63, 3.8) is 0 Å². The molecule has 1 atom stereocenters. The molecule has 5 heteroatoms. The molecule has 0 aromatic carbocycles. The number of hydrogen-bond donors (Lipinski definition) is 3. The Morgan fingerprint density at radius 2 is 1.93 bits per heavy atom. The van der Waals surface area contributed by atoms with Crippen LogP contribution in [0.4, 0.5) is 4.79 Å². The highest BCUT2D eigenvalue weighted by molar-refractivity contribution is 5.83. The lowest BCUT2D eigenvalue weighted by Crippen LogP contribution is -2.51. The molecule has 1 aliphatic rings. The average molecular weight is 214 g/mol. The van der Waals surface area contributed by atoms with Gasteiger partial charge in [-0.25, -0.2) is 4.79 Å². The summed E-state index contributed by atoms with van der Waals surface area (Å²) in [5, 5.41) is 13.8. The lowest BCUT2D eigenvalue weighted by Gasteiger charge is -2.30. The Kier molecular flexibility index (Phi) is 3.21. The molecular weight excluding hydrogens is 196 g/mol. The van der Waals surface area contributed by atoms with E-state index in [1.807, 2.05) is 0 Å². The Morgan fingerprint density at radius 1 is 1.40 bits per heavy atom. The van der Waals surface area contributed by atoms with Gasteiger partial charge in [0.2, 0.25) is 5.91 Å². The van der Waals surface area contributed by atoms with Gasteiger partial charge in [-0.1, -0.05) is 0 Å². The van der Waals surface area contributed by atoms with Gasteiger partial charge < -0.3 is 15.7 Å². The van der Waals surface area contributed by atoms with Crippen molar-refractivity contribution in [1.82, 2.24) is 10.6 Å². The van der Waals surface area contributed by atoms with Crippen molar-refractivity contribution in [2.75, 3.05) is 0 Å². The third-order valence-electron chi connectivity index (χ3n) is 2.92. The Morgan fingerprint density at radius 3 is 2.33 bits per heavy atom. The van der Waals surface area contributed by atoms with Gasteiger partial charge in [-0.3, -0.25) is 4.79 Å². The van der Waals surface area contributed by atoms with E-state index in [0.29, 0.717) is 6.04 Å². The number of amides is 2. The van der Waals surface area contributed by atoms with Gasteiger partial charge in [-0.2, -0.15) is 0 Å². The molecule has 0 aliphatic heterocycles. The van der Waals surface area contributed by atoms with E-state index in [1.165, 1.54) is 0 Å². The zero-order chi connectivity index (χ0) is 11.6. The van der Waals surface area contributed by atoms with E-state index < -0.39 is 17.6 Å². The number of nitrogens with one attached hydrogen (secondary N) is 2. The minimum atomic E-state index is -1.10. The first kappa shape index (κ1) is 11.8. The highest BCUT2D eigenvalue weighted by Crippen LogP contribution is 2.25. The molecule has 1 rings (SSSR count). The number of rotatable bonds is 4. The van der Waals surface area contributed by atoms with Crippen molar-refractivity contribution in [3.8, 4) is 0 Å². The molecule has 0 spiro atoms. The first-order valence-corrected chi connectivity index (χ1v) is 5.14. The smallest absolute Gasteiger partial charge is 0.404 e. The van der Waals surface area contributed by atoms with Gasteiger partial charge in [-0.15, -0.1) is 0 Å². The molecule has 0 heterocycles. The van der Waals surface area contributed by atoms with E-state index >= 15 is 0 Å². The van der Waals surface area contributed by atoms with E-state index in [9.17, 15) is 9.59 Å². The fraction of sp³-hybridized carbons (Fsp3) is 0.800. The molecule has 0 radical (unpaired) electrons. The summed E-state index contributed by atoms with van der Waals surface area (Å²) in [7, 11) is 0. The summed E-state index contributed by atoms with van der Waals surface area (Å²) in [4.78, 5) is 22.3. The van der Waals surface area contributed by atoms with Crippen LogP contribution in [0.1, 0.15) is 33.6 Å². The molecule has 1 saturated carbocycles. The van der Waals surface area contributed by atoms with Gasteiger partial charge in [0, 0.05) is 12.1 Å². The van der Waals surface area contributed by atoms with Crippen molar-refractivity contribution < 1.29 is 14.7 Å². The highest BCUT2D eigenvalue weighted by Gasteiger charge is 2.37. The summed E-state index contributed by atoms with van der Waals surface area (Å²) in [6, 6.07) is -0.109. The van der Waals surface area contributed by atoms with Gasteiger partial charge in [0.25, 0.3) is 0 Å². The zero-order valence-electron chi connectivity index (χ0n) is 9.33. The Balaban J connectivity index is 2.53. The molecule has 0 aromatic rings. The molecule has 0 saturated heterocycles. The van der Waals surface area contributed by atoms with Gasteiger partial charge in [-0.05, 0) is 33.6 Å². The number of carboxylic acid groups (broad SMARTS) is 1. The maximum atomic E-state index is 11.8. The number of carbonyl (C=O) groups excluding carboxylic acids is 1. The predicted octanol–water partition coefficient (Wildman–Crippen LogP) is 0.947. The molecule has 86 valence electrons. The minimum absolute atomic E-state index is 0.0914. The van der Waals surface area contributed by atoms with Crippen LogP contribution in [0.2, 0.25) is 0 Å². The Labute approximate surface area is 89.2 Å². The molecule has 1 fully saturated rings. The first-order chi connectivity index (χ1) is 6.84. The second-order valence-corrected chi connectivity index (χ2v) is 4.64. The fourth-order valence-corrected chi connectivity index (χ4v) is 1.16. The maximum Gasteiger partial charge on any atom is 0.404 e. The Bertz CT molecular complexity index is 272. The molecular formula is C10H18N2O3. The summed E-state index contributed by atoms with van der Waals surface area (Å²) in [6.07, 6.45) is 0.959.